The zero-order chi connectivity index (χ0) is 12.6. The van der Waals surface area contributed by atoms with Crippen molar-refractivity contribution >= 4 is 29.0 Å². The fraction of sp³-hybridized carbons (Fsp3) is 0.250. The molecule has 0 saturated heterocycles. The zero-order valence-electron chi connectivity index (χ0n) is 8.63. The molecule has 0 spiro atoms. The number of fused-ring (bicyclic) bond motifs is 1. The Morgan fingerprint density at radius 1 is 1.35 bits per heavy atom. The van der Waals surface area contributed by atoms with Crippen LogP contribution in [0.15, 0.2) is 32.9 Å². The number of nitrogens with zero attached hydrogens (tertiary/aromatic N) is 2. The molecule has 2 rings (SSSR count). The van der Waals surface area contributed by atoms with E-state index >= 15 is 0 Å². The van der Waals surface area contributed by atoms with Crippen molar-refractivity contribution in [2.45, 2.75) is 12.8 Å². The number of hydrogen-bond donors (Lipinski definition) is 0. The Bertz CT molecular complexity index is 569. The Morgan fingerprint density at radius 3 is 2.59 bits per heavy atom. The largest absolute Gasteiger partial charge is 0.299 e. The molecule has 0 aliphatic heterocycles. The Balaban J connectivity index is 2.60. The Kier molecular flexibility index (Phi) is 3.07. The van der Waals surface area contributed by atoms with Crippen molar-refractivity contribution in [1.29, 1.82) is 10.5 Å². The monoisotopic (exact) mass is 264 g/mol. The van der Waals surface area contributed by atoms with E-state index in [2.05, 4.69) is 0 Å². The average Bonchev–Trinajstić information content (AvgIpc) is 2.60. The maximum Gasteiger partial charge on any atom is 0.145 e. The van der Waals surface area contributed by atoms with Gasteiger partial charge in [0.15, 0.2) is 0 Å². The molecule has 0 radical (unpaired) electrons. The fourth-order valence-corrected chi connectivity index (χ4v) is 2.48. The van der Waals surface area contributed by atoms with Gasteiger partial charge in [0.1, 0.15) is 23.5 Å². The number of hydrogen-bond acceptors (Lipinski definition) is 3. The van der Waals surface area contributed by atoms with Crippen LogP contribution in [0.1, 0.15) is 12.8 Å². The quantitative estimate of drug-likeness (QED) is 0.632. The van der Waals surface area contributed by atoms with E-state index in [4.69, 9.17) is 33.7 Å². The summed E-state index contributed by atoms with van der Waals surface area (Å²) in [5.74, 6) is -0.367. The summed E-state index contributed by atoms with van der Waals surface area (Å²) in [6.45, 7) is 0. The van der Waals surface area contributed by atoms with Crippen LogP contribution >= 0.6 is 23.2 Å². The fourth-order valence-electron chi connectivity index (χ4n) is 2.08. The standard InChI is InChI=1S/C12H6Cl2N2O/c13-10-1-8-7(6(4-15)5-16)3-12(17)9(8)2-11(10)14/h1,9H,2-3H2. The SMILES string of the molecule is N#CC(C#N)=C1CC(=O)C2CC(Cl)=C(Cl)C=C12. The topological polar surface area (TPSA) is 64.7 Å². The van der Waals surface area contributed by atoms with E-state index in [0.717, 1.165) is 0 Å². The maximum atomic E-state index is 11.8. The molecule has 0 aromatic rings. The molecule has 5 heteroatoms. The van der Waals surface area contributed by atoms with Gasteiger partial charge in [0.05, 0.1) is 5.03 Å². The van der Waals surface area contributed by atoms with Crippen LogP contribution in [0.4, 0.5) is 0 Å². The molecule has 17 heavy (non-hydrogen) atoms. The molecule has 0 N–H and O–H groups in total. The molecular weight excluding hydrogens is 259 g/mol. The van der Waals surface area contributed by atoms with E-state index in [1.54, 1.807) is 18.2 Å². The van der Waals surface area contributed by atoms with Gasteiger partial charge in [0.25, 0.3) is 0 Å². The Labute approximate surface area is 108 Å². The van der Waals surface area contributed by atoms with Crippen LogP contribution in [0.3, 0.4) is 0 Å². The van der Waals surface area contributed by atoms with Gasteiger partial charge in [-0.1, -0.05) is 23.2 Å². The average molecular weight is 265 g/mol. The van der Waals surface area contributed by atoms with Gasteiger partial charge in [-0.2, -0.15) is 10.5 Å². The summed E-state index contributed by atoms with van der Waals surface area (Å²) >= 11 is 11.8. The van der Waals surface area contributed by atoms with Gasteiger partial charge >= 0.3 is 0 Å². The molecule has 0 aromatic carbocycles. The minimum Gasteiger partial charge on any atom is -0.299 e. The first-order chi connectivity index (χ1) is 8.08. The highest BCUT2D eigenvalue weighted by Gasteiger charge is 2.38. The van der Waals surface area contributed by atoms with Crippen molar-refractivity contribution in [2.75, 3.05) is 0 Å². The highest BCUT2D eigenvalue weighted by Crippen LogP contribution is 2.44. The molecule has 2 aliphatic carbocycles. The third-order valence-corrected chi connectivity index (χ3v) is 3.71. The van der Waals surface area contributed by atoms with Gasteiger partial charge < -0.3 is 0 Å². The number of nitriles is 2. The number of ketones is 1. The van der Waals surface area contributed by atoms with E-state index in [-0.39, 0.29) is 23.7 Å². The van der Waals surface area contributed by atoms with Gasteiger partial charge in [-0.25, -0.2) is 0 Å². The van der Waals surface area contributed by atoms with Crippen LogP contribution in [0, 0.1) is 28.6 Å². The summed E-state index contributed by atoms with van der Waals surface area (Å²) in [6.07, 6.45) is 2.06. The summed E-state index contributed by atoms with van der Waals surface area (Å²) in [6, 6.07) is 3.61. The van der Waals surface area contributed by atoms with Crippen molar-refractivity contribution in [3.8, 4) is 12.1 Å². The Hall–Kier alpha value is -1.55. The van der Waals surface area contributed by atoms with E-state index in [1.807, 2.05) is 0 Å². The summed E-state index contributed by atoms with van der Waals surface area (Å²) in [7, 11) is 0. The molecule has 0 bridgehead atoms. The molecule has 1 saturated carbocycles. The van der Waals surface area contributed by atoms with Crippen molar-refractivity contribution in [3.05, 3.63) is 32.9 Å². The summed E-state index contributed by atoms with van der Waals surface area (Å²) < 4.78 is 0. The number of carbonyl (C=O) groups excluding carboxylic acids is 1. The van der Waals surface area contributed by atoms with Gasteiger partial charge in [-0.15, -0.1) is 0 Å². The first-order valence-electron chi connectivity index (χ1n) is 4.90. The van der Waals surface area contributed by atoms with Crippen molar-refractivity contribution < 1.29 is 4.79 Å². The van der Waals surface area contributed by atoms with Crippen LogP contribution in [-0.2, 0) is 4.79 Å². The molecule has 0 amide bonds. The minimum absolute atomic E-state index is 0.0171. The van der Waals surface area contributed by atoms with E-state index in [9.17, 15) is 4.79 Å². The smallest absolute Gasteiger partial charge is 0.145 e. The minimum atomic E-state index is -0.350. The predicted octanol–water partition coefficient (Wildman–Crippen LogP) is 2.94. The summed E-state index contributed by atoms with van der Waals surface area (Å²) in [4.78, 5) is 11.8. The molecule has 1 unspecified atom stereocenters. The van der Waals surface area contributed by atoms with E-state index in [1.165, 1.54) is 0 Å². The second-order valence-electron chi connectivity index (χ2n) is 3.83. The summed E-state index contributed by atoms with van der Waals surface area (Å²) in [5.41, 5.74) is 1.14. The van der Waals surface area contributed by atoms with Crippen molar-refractivity contribution in [3.63, 3.8) is 0 Å². The molecule has 1 fully saturated rings. The van der Waals surface area contributed by atoms with E-state index in [0.29, 0.717) is 27.6 Å². The van der Waals surface area contributed by atoms with Crippen LogP contribution < -0.4 is 0 Å². The van der Waals surface area contributed by atoms with E-state index < -0.39 is 0 Å². The zero-order valence-corrected chi connectivity index (χ0v) is 10.1. The molecule has 1 atom stereocenters. The third kappa shape index (κ3) is 1.89. The van der Waals surface area contributed by atoms with Gasteiger partial charge in [-0.05, 0) is 23.6 Å². The second-order valence-corrected chi connectivity index (χ2v) is 4.69. The van der Waals surface area contributed by atoms with Crippen LogP contribution in [0.25, 0.3) is 0 Å². The predicted molar refractivity (Wildman–Crippen MR) is 62.8 cm³/mol. The number of rotatable bonds is 0. The third-order valence-electron chi connectivity index (χ3n) is 2.91. The van der Waals surface area contributed by atoms with Crippen LogP contribution in [0.5, 0.6) is 0 Å². The lowest BCUT2D eigenvalue weighted by Gasteiger charge is -2.16. The molecule has 2 aliphatic rings. The van der Waals surface area contributed by atoms with Crippen LogP contribution in [-0.4, -0.2) is 5.78 Å². The van der Waals surface area contributed by atoms with Crippen molar-refractivity contribution in [1.82, 2.24) is 0 Å². The lowest BCUT2D eigenvalue weighted by molar-refractivity contribution is -0.119. The van der Waals surface area contributed by atoms with Gasteiger partial charge in [0.2, 0.25) is 0 Å². The normalized spacial score (nSPS) is 22.8. The first kappa shape index (κ1) is 11.9. The van der Waals surface area contributed by atoms with Gasteiger partial charge in [0, 0.05) is 17.4 Å². The molecule has 3 nitrogen and oxygen atoms in total. The lowest BCUT2D eigenvalue weighted by atomic mass is 9.91. The lowest BCUT2D eigenvalue weighted by Crippen LogP contribution is -2.11. The van der Waals surface area contributed by atoms with Crippen LogP contribution in [0.2, 0.25) is 0 Å². The Morgan fingerprint density at radius 2 is 2.00 bits per heavy atom. The molecule has 84 valence electrons. The highest BCUT2D eigenvalue weighted by atomic mass is 35.5. The number of Topliss-reactive ketones (excluding diaryl/α,β-unsaturated/α-hetero) is 1. The second kappa shape index (κ2) is 4.37. The highest BCUT2D eigenvalue weighted by molar-refractivity contribution is 6.40. The number of carbonyl (C=O) groups is 1. The first-order valence-corrected chi connectivity index (χ1v) is 5.66. The number of halogens is 2. The van der Waals surface area contributed by atoms with Gasteiger partial charge in [-0.3, -0.25) is 4.79 Å². The molecule has 0 aromatic heterocycles. The van der Waals surface area contributed by atoms with Crippen molar-refractivity contribution in [2.24, 2.45) is 5.92 Å². The molecule has 0 heterocycles. The maximum absolute atomic E-state index is 11.8. The molecular formula is C12H6Cl2N2O. The summed E-state index contributed by atoms with van der Waals surface area (Å²) in [5, 5.41) is 18.5. The number of allylic oxidation sites excluding steroid dienone is 6.